The molecule has 0 spiro atoms. The van der Waals surface area contributed by atoms with Gasteiger partial charge in [-0.2, -0.15) is 0 Å². The van der Waals surface area contributed by atoms with Crippen LogP contribution in [0, 0.1) is 3.57 Å². The van der Waals surface area contributed by atoms with Gasteiger partial charge in [0.05, 0.1) is 36.2 Å². The van der Waals surface area contributed by atoms with Gasteiger partial charge in [-0.1, -0.05) is 25.5 Å². The lowest BCUT2D eigenvalue weighted by Gasteiger charge is -2.11. The first-order valence-electron chi connectivity index (χ1n) is 17.4. The monoisotopic (exact) mass is 780 g/mol. The van der Waals surface area contributed by atoms with Crippen LogP contribution in [0.5, 0.6) is 0 Å². The minimum absolute atomic E-state index is 0.244. The highest BCUT2D eigenvalue weighted by atomic mass is 127. The highest BCUT2D eigenvalue weighted by Crippen LogP contribution is 2.41. The summed E-state index contributed by atoms with van der Waals surface area (Å²) >= 11 is 2.32. The topological polar surface area (TPSA) is 110 Å². The summed E-state index contributed by atoms with van der Waals surface area (Å²) in [5, 5.41) is 2.37. The molecule has 0 amide bonds. The van der Waals surface area contributed by atoms with Gasteiger partial charge in [-0.3, -0.25) is 9.97 Å². The fourth-order valence-electron chi connectivity index (χ4n) is 6.27. The SMILES string of the molecule is CCCCOC(=O)c1cc(C2CC2)cnc1Cc1ccc2[nH]ccc2c1.COC(=O)c1cc(C2CC2)cnc1Cc1ccc2[nH]cc(I)c2c1. The molecule has 2 saturated carbocycles. The molecular weight excluding hydrogens is 739 g/mol. The van der Waals surface area contributed by atoms with E-state index in [-0.39, 0.29) is 11.9 Å². The Hall–Kier alpha value is -4.51. The van der Waals surface area contributed by atoms with Crippen LogP contribution < -0.4 is 0 Å². The van der Waals surface area contributed by atoms with E-state index in [0.717, 1.165) is 57.5 Å². The maximum Gasteiger partial charge on any atom is 0.340 e. The van der Waals surface area contributed by atoms with Crippen LogP contribution >= 0.6 is 22.6 Å². The fourth-order valence-corrected chi connectivity index (χ4v) is 6.88. The van der Waals surface area contributed by atoms with Crippen molar-refractivity contribution in [2.24, 2.45) is 0 Å². The van der Waals surface area contributed by atoms with Crippen LogP contribution in [-0.2, 0) is 22.3 Å². The van der Waals surface area contributed by atoms with Gasteiger partial charge < -0.3 is 19.4 Å². The van der Waals surface area contributed by atoms with E-state index < -0.39 is 0 Å². The summed E-state index contributed by atoms with van der Waals surface area (Å²) in [5.74, 6) is 0.575. The molecule has 0 saturated heterocycles. The molecule has 9 heteroatoms. The van der Waals surface area contributed by atoms with Gasteiger partial charge in [0.15, 0.2) is 0 Å². The lowest BCUT2D eigenvalue weighted by atomic mass is 10.0. The first-order chi connectivity index (χ1) is 24.4. The predicted octanol–water partition coefficient (Wildman–Crippen LogP) is 9.41. The lowest BCUT2D eigenvalue weighted by molar-refractivity contribution is 0.0497. The first kappa shape index (κ1) is 34.0. The summed E-state index contributed by atoms with van der Waals surface area (Å²) in [4.78, 5) is 40.5. The quantitative estimate of drug-likeness (QED) is 0.0771. The second-order valence-corrected chi connectivity index (χ2v) is 14.5. The zero-order valence-corrected chi connectivity index (χ0v) is 30.6. The highest BCUT2D eigenvalue weighted by molar-refractivity contribution is 14.1. The van der Waals surface area contributed by atoms with Gasteiger partial charge in [-0.05, 0) is 137 Å². The molecule has 50 heavy (non-hydrogen) atoms. The predicted molar refractivity (Wildman–Crippen MR) is 204 cm³/mol. The molecule has 0 unspecified atom stereocenters. The zero-order valence-electron chi connectivity index (χ0n) is 28.4. The van der Waals surface area contributed by atoms with Gasteiger partial charge >= 0.3 is 11.9 Å². The van der Waals surface area contributed by atoms with Crippen molar-refractivity contribution < 1.29 is 19.1 Å². The largest absolute Gasteiger partial charge is 0.465 e. The number of nitrogens with one attached hydrogen (secondary N) is 2. The Kier molecular flexibility index (Phi) is 10.3. The summed E-state index contributed by atoms with van der Waals surface area (Å²) < 4.78 is 11.6. The molecule has 4 heterocycles. The number of hydrogen-bond acceptors (Lipinski definition) is 6. The standard InChI is InChI=1S/C22H24N2O2.C19H17IN2O2/c1-2-3-10-26-22(25)19-13-18(16-5-6-16)14-24-21(19)12-15-4-7-20-17(11-15)8-9-23-20;1-24-19(23)15-8-13(12-3-4-12)9-21-18(15)7-11-2-5-17-14(6-11)16(20)10-22-17/h4,7-9,11,13-14,16,23H,2-3,5-6,10,12H2,1H3;2,5-6,8-10,12,22H,3-4,7H2,1H3. The Bertz CT molecular complexity index is 2160. The number of aromatic nitrogens is 4. The number of H-pyrrole nitrogens is 2. The average Bonchev–Trinajstić information content (AvgIpc) is 4.08. The zero-order chi connectivity index (χ0) is 34.6. The summed E-state index contributed by atoms with van der Waals surface area (Å²) in [6.07, 6.45) is 15.7. The molecule has 8 rings (SSSR count). The molecule has 6 aromatic rings. The van der Waals surface area contributed by atoms with Gasteiger partial charge in [0.2, 0.25) is 0 Å². The van der Waals surface area contributed by atoms with E-state index in [4.69, 9.17) is 9.47 Å². The van der Waals surface area contributed by atoms with Crippen LogP contribution in [0.1, 0.15) is 112 Å². The van der Waals surface area contributed by atoms with Crippen LogP contribution in [0.25, 0.3) is 21.8 Å². The molecule has 4 aromatic heterocycles. The lowest BCUT2D eigenvalue weighted by Crippen LogP contribution is -2.12. The van der Waals surface area contributed by atoms with E-state index in [1.807, 2.05) is 36.9 Å². The molecule has 2 aliphatic carbocycles. The third-order valence-electron chi connectivity index (χ3n) is 9.49. The van der Waals surface area contributed by atoms with Crippen LogP contribution in [0.3, 0.4) is 0 Å². The Morgan fingerprint density at radius 1 is 0.800 bits per heavy atom. The van der Waals surface area contributed by atoms with E-state index in [1.54, 1.807) is 0 Å². The third-order valence-corrected chi connectivity index (χ3v) is 10.4. The van der Waals surface area contributed by atoms with Crippen LogP contribution in [0.2, 0.25) is 0 Å². The number of halogens is 1. The maximum absolute atomic E-state index is 12.6. The number of hydrogen-bond donors (Lipinski definition) is 2. The van der Waals surface area contributed by atoms with E-state index in [9.17, 15) is 9.59 Å². The summed E-state index contributed by atoms with van der Waals surface area (Å²) in [6.45, 7) is 2.56. The molecule has 2 aliphatic rings. The molecule has 0 radical (unpaired) electrons. The maximum atomic E-state index is 12.6. The smallest absolute Gasteiger partial charge is 0.340 e. The molecule has 0 aliphatic heterocycles. The number of nitrogens with zero attached hydrogens (tertiary/aromatic N) is 2. The average molecular weight is 781 g/mol. The number of rotatable bonds is 11. The first-order valence-corrected chi connectivity index (χ1v) is 18.5. The Morgan fingerprint density at radius 2 is 1.42 bits per heavy atom. The molecule has 2 N–H and O–H groups in total. The minimum atomic E-state index is -0.308. The molecular formula is C41H41IN4O4. The van der Waals surface area contributed by atoms with Crippen molar-refractivity contribution in [1.82, 2.24) is 19.9 Å². The number of carbonyl (C=O) groups is 2. The molecule has 256 valence electrons. The molecule has 0 atom stereocenters. The van der Waals surface area contributed by atoms with E-state index in [1.165, 1.54) is 47.1 Å². The second-order valence-electron chi connectivity index (χ2n) is 13.3. The van der Waals surface area contributed by atoms with Crippen molar-refractivity contribution in [1.29, 1.82) is 0 Å². The highest BCUT2D eigenvalue weighted by Gasteiger charge is 2.27. The molecule has 8 nitrogen and oxygen atoms in total. The third kappa shape index (κ3) is 7.93. The van der Waals surface area contributed by atoms with E-state index in [0.29, 0.717) is 42.4 Å². The van der Waals surface area contributed by atoms with Crippen molar-refractivity contribution in [3.8, 4) is 0 Å². The van der Waals surface area contributed by atoms with E-state index in [2.05, 4.69) is 91.9 Å². The number of unbranched alkanes of at least 4 members (excludes halogenated alkanes) is 1. The number of ether oxygens (including phenoxy) is 2. The second kappa shape index (κ2) is 15.2. The van der Waals surface area contributed by atoms with Crippen molar-refractivity contribution in [3.63, 3.8) is 0 Å². The number of fused-ring (bicyclic) bond motifs is 2. The van der Waals surface area contributed by atoms with Crippen molar-refractivity contribution in [2.45, 2.75) is 70.1 Å². The van der Waals surface area contributed by atoms with Gasteiger partial charge in [0.1, 0.15) is 0 Å². The van der Waals surface area contributed by atoms with Crippen molar-refractivity contribution in [2.75, 3.05) is 13.7 Å². The molecule has 2 fully saturated rings. The molecule has 2 aromatic carbocycles. The number of esters is 2. The summed E-state index contributed by atoms with van der Waals surface area (Å²) in [5.41, 5.74) is 9.61. The van der Waals surface area contributed by atoms with Gasteiger partial charge in [-0.15, -0.1) is 0 Å². The molecule has 0 bridgehead atoms. The summed E-state index contributed by atoms with van der Waals surface area (Å²) in [6, 6.07) is 18.6. The minimum Gasteiger partial charge on any atom is -0.465 e. The van der Waals surface area contributed by atoms with Crippen LogP contribution in [-0.4, -0.2) is 45.6 Å². The van der Waals surface area contributed by atoms with Crippen LogP contribution in [0.15, 0.2) is 79.4 Å². The van der Waals surface area contributed by atoms with Gasteiger partial charge in [0, 0.05) is 57.6 Å². The Labute approximate surface area is 305 Å². The Morgan fingerprint density at radius 3 is 2.04 bits per heavy atom. The van der Waals surface area contributed by atoms with Crippen molar-refractivity contribution >= 4 is 56.3 Å². The van der Waals surface area contributed by atoms with Gasteiger partial charge in [-0.25, -0.2) is 9.59 Å². The number of carbonyl (C=O) groups excluding carboxylic acids is 2. The number of aromatic amines is 2. The number of benzene rings is 2. The number of methoxy groups -OCH3 is 1. The van der Waals surface area contributed by atoms with Crippen LogP contribution in [0.4, 0.5) is 0 Å². The van der Waals surface area contributed by atoms with Crippen molar-refractivity contribution in [3.05, 3.63) is 128 Å². The Balaban J connectivity index is 0.000000157. The van der Waals surface area contributed by atoms with Gasteiger partial charge in [0.25, 0.3) is 0 Å². The fraction of sp³-hybridized carbons (Fsp3) is 0.317. The van der Waals surface area contributed by atoms with E-state index >= 15 is 0 Å². The normalized spacial score (nSPS) is 14.0. The summed E-state index contributed by atoms with van der Waals surface area (Å²) in [7, 11) is 1.42. The number of pyridine rings is 2.